The number of alkyl halides is 3. The highest BCUT2D eigenvalue weighted by atomic mass is 19.4. The van der Waals surface area contributed by atoms with Crippen LogP contribution in [0.25, 0.3) is 0 Å². The summed E-state index contributed by atoms with van der Waals surface area (Å²) < 4.78 is 37.1. The number of hydrogen-bond acceptors (Lipinski definition) is 2. The van der Waals surface area contributed by atoms with Gasteiger partial charge in [0.2, 0.25) is 5.91 Å². The van der Waals surface area contributed by atoms with Gasteiger partial charge >= 0.3 is 6.18 Å². The molecule has 6 heteroatoms. The van der Waals surface area contributed by atoms with Crippen LogP contribution in [0.4, 0.5) is 18.9 Å². The smallest absolute Gasteiger partial charge is 0.326 e. The summed E-state index contributed by atoms with van der Waals surface area (Å²) in [5.41, 5.74) is -0.353. The molecule has 0 atom stereocenters. The number of halogens is 3. The van der Waals surface area contributed by atoms with Crippen LogP contribution in [0.2, 0.25) is 0 Å². The van der Waals surface area contributed by atoms with Crippen molar-refractivity contribution in [2.45, 2.75) is 32.4 Å². The maximum Gasteiger partial charge on any atom is 0.416 e. The molecule has 0 aromatic heterocycles. The SMILES string of the molecule is CCCCNCCC(=O)Nc1ccc(C(F)(F)F)cc1. The standard InChI is InChI=1S/C14H19F3N2O/c1-2-3-9-18-10-8-13(20)19-12-6-4-11(5-7-12)14(15,16)17/h4-7,18H,2-3,8-10H2,1H3,(H,19,20). The predicted octanol–water partition coefficient (Wildman–Crippen LogP) is 3.42. The Labute approximate surface area is 116 Å². The van der Waals surface area contributed by atoms with Gasteiger partial charge in [0.15, 0.2) is 0 Å². The first-order chi connectivity index (χ1) is 9.43. The van der Waals surface area contributed by atoms with Gasteiger partial charge < -0.3 is 10.6 Å². The van der Waals surface area contributed by atoms with Crippen molar-refractivity contribution in [1.82, 2.24) is 5.32 Å². The number of carbonyl (C=O) groups is 1. The van der Waals surface area contributed by atoms with E-state index in [9.17, 15) is 18.0 Å². The molecule has 0 unspecified atom stereocenters. The lowest BCUT2D eigenvalue weighted by Gasteiger charge is -2.09. The van der Waals surface area contributed by atoms with Crippen molar-refractivity contribution >= 4 is 11.6 Å². The van der Waals surface area contributed by atoms with E-state index in [0.717, 1.165) is 31.5 Å². The molecule has 20 heavy (non-hydrogen) atoms. The molecule has 0 spiro atoms. The van der Waals surface area contributed by atoms with Crippen molar-refractivity contribution in [3.8, 4) is 0 Å². The maximum absolute atomic E-state index is 12.4. The normalized spacial score (nSPS) is 11.4. The number of nitrogens with one attached hydrogen (secondary N) is 2. The highest BCUT2D eigenvalue weighted by Crippen LogP contribution is 2.29. The van der Waals surface area contributed by atoms with Crippen molar-refractivity contribution in [3.63, 3.8) is 0 Å². The summed E-state index contributed by atoms with van der Waals surface area (Å²) in [6, 6.07) is 4.42. The molecule has 2 N–H and O–H groups in total. The van der Waals surface area contributed by atoms with Crippen LogP contribution in [-0.4, -0.2) is 19.0 Å². The fraction of sp³-hybridized carbons (Fsp3) is 0.500. The summed E-state index contributed by atoms with van der Waals surface area (Å²) >= 11 is 0. The minimum atomic E-state index is -4.36. The minimum Gasteiger partial charge on any atom is -0.326 e. The van der Waals surface area contributed by atoms with Gasteiger partial charge in [-0.15, -0.1) is 0 Å². The van der Waals surface area contributed by atoms with Gasteiger partial charge in [-0.25, -0.2) is 0 Å². The Morgan fingerprint density at radius 1 is 1.15 bits per heavy atom. The Balaban J connectivity index is 2.35. The Bertz CT molecular complexity index is 415. The molecule has 0 radical (unpaired) electrons. The molecule has 0 heterocycles. The summed E-state index contributed by atoms with van der Waals surface area (Å²) in [6.07, 6.45) is -1.91. The summed E-state index contributed by atoms with van der Waals surface area (Å²) in [5, 5.41) is 5.69. The first kappa shape index (κ1) is 16.5. The summed E-state index contributed by atoms with van der Waals surface area (Å²) in [5.74, 6) is -0.214. The summed E-state index contributed by atoms with van der Waals surface area (Å²) in [6.45, 7) is 3.51. The van der Waals surface area contributed by atoms with Crippen LogP contribution in [0.1, 0.15) is 31.7 Å². The third-order valence-electron chi connectivity index (χ3n) is 2.73. The van der Waals surface area contributed by atoms with Gasteiger partial charge in [0.25, 0.3) is 0 Å². The summed E-state index contributed by atoms with van der Waals surface area (Å²) in [4.78, 5) is 11.6. The van der Waals surface area contributed by atoms with Crippen LogP contribution in [0.5, 0.6) is 0 Å². The molecule has 0 saturated carbocycles. The molecule has 1 aromatic carbocycles. The second-order valence-corrected chi connectivity index (χ2v) is 4.48. The third-order valence-corrected chi connectivity index (χ3v) is 2.73. The zero-order valence-corrected chi connectivity index (χ0v) is 11.4. The van der Waals surface area contributed by atoms with E-state index in [0.29, 0.717) is 18.7 Å². The number of hydrogen-bond donors (Lipinski definition) is 2. The monoisotopic (exact) mass is 288 g/mol. The lowest BCUT2D eigenvalue weighted by atomic mass is 10.2. The molecule has 1 rings (SSSR count). The summed E-state index contributed by atoms with van der Waals surface area (Å²) in [7, 11) is 0. The molecule has 0 bridgehead atoms. The van der Waals surface area contributed by atoms with E-state index in [4.69, 9.17) is 0 Å². The van der Waals surface area contributed by atoms with Crippen molar-refractivity contribution in [3.05, 3.63) is 29.8 Å². The van der Waals surface area contributed by atoms with Crippen molar-refractivity contribution < 1.29 is 18.0 Å². The van der Waals surface area contributed by atoms with E-state index in [1.807, 2.05) is 0 Å². The first-order valence-electron chi connectivity index (χ1n) is 6.61. The van der Waals surface area contributed by atoms with Crippen molar-refractivity contribution in [2.24, 2.45) is 0 Å². The molecule has 0 aliphatic carbocycles. The van der Waals surface area contributed by atoms with Gasteiger partial charge in [-0.3, -0.25) is 4.79 Å². The van der Waals surface area contributed by atoms with Gasteiger partial charge in [-0.05, 0) is 37.2 Å². The molecular weight excluding hydrogens is 269 g/mol. The van der Waals surface area contributed by atoms with E-state index in [-0.39, 0.29) is 5.91 Å². The Morgan fingerprint density at radius 2 is 1.80 bits per heavy atom. The molecule has 0 saturated heterocycles. The molecule has 112 valence electrons. The fourth-order valence-corrected chi connectivity index (χ4v) is 1.59. The Morgan fingerprint density at radius 3 is 2.35 bits per heavy atom. The quantitative estimate of drug-likeness (QED) is 0.755. The second kappa shape index (κ2) is 7.89. The number of amides is 1. The van der Waals surface area contributed by atoms with Crippen LogP contribution >= 0.6 is 0 Å². The van der Waals surface area contributed by atoms with Crippen LogP contribution in [-0.2, 0) is 11.0 Å². The average Bonchev–Trinajstić information content (AvgIpc) is 2.38. The highest BCUT2D eigenvalue weighted by molar-refractivity contribution is 5.90. The van der Waals surface area contributed by atoms with E-state index in [1.54, 1.807) is 0 Å². The largest absolute Gasteiger partial charge is 0.416 e. The number of rotatable bonds is 7. The lowest BCUT2D eigenvalue weighted by molar-refractivity contribution is -0.137. The first-order valence-corrected chi connectivity index (χ1v) is 6.61. The molecule has 1 aromatic rings. The minimum absolute atomic E-state index is 0.214. The maximum atomic E-state index is 12.4. The zero-order chi connectivity index (χ0) is 15.0. The number of anilines is 1. The fourth-order valence-electron chi connectivity index (χ4n) is 1.59. The van der Waals surface area contributed by atoms with Gasteiger partial charge in [0.05, 0.1) is 5.56 Å². The highest BCUT2D eigenvalue weighted by Gasteiger charge is 2.29. The molecule has 0 aliphatic heterocycles. The van der Waals surface area contributed by atoms with E-state index in [2.05, 4.69) is 17.6 Å². The zero-order valence-electron chi connectivity index (χ0n) is 11.4. The molecule has 1 amide bonds. The van der Waals surface area contributed by atoms with Crippen molar-refractivity contribution in [1.29, 1.82) is 0 Å². The number of unbranched alkanes of at least 4 members (excludes halogenated alkanes) is 1. The Hall–Kier alpha value is -1.56. The molecule has 3 nitrogen and oxygen atoms in total. The van der Waals surface area contributed by atoms with Gasteiger partial charge in [-0.1, -0.05) is 13.3 Å². The van der Waals surface area contributed by atoms with Gasteiger partial charge in [0.1, 0.15) is 0 Å². The van der Waals surface area contributed by atoms with E-state index in [1.165, 1.54) is 12.1 Å². The molecule has 0 aliphatic rings. The number of benzene rings is 1. The van der Waals surface area contributed by atoms with E-state index >= 15 is 0 Å². The molecular formula is C14H19F3N2O. The average molecular weight is 288 g/mol. The predicted molar refractivity (Wildman–Crippen MR) is 72.5 cm³/mol. The van der Waals surface area contributed by atoms with Crippen LogP contribution < -0.4 is 10.6 Å². The van der Waals surface area contributed by atoms with Crippen molar-refractivity contribution in [2.75, 3.05) is 18.4 Å². The van der Waals surface area contributed by atoms with Crippen LogP contribution in [0, 0.1) is 0 Å². The van der Waals surface area contributed by atoms with Gasteiger partial charge in [0, 0.05) is 18.7 Å². The Kier molecular flexibility index (Phi) is 6.51. The number of carbonyl (C=O) groups excluding carboxylic acids is 1. The second-order valence-electron chi connectivity index (χ2n) is 4.48. The van der Waals surface area contributed by atoms with Crippen LogP contribution in [0.15, 0.2) is 24.3 Å². The molecule has 0 fully saturated rings. The van der Waals surface area contributed by atoms with Crippen LogP contribution in [0.3, 0.4) is 0 Å². The van der Waals surface area contributed by atoms with Gasteiger partial charge in [-0.2, -0.15) is 13.2 Å². The third kappa shape index (κ3) is 6.06. The topological polar surface area (TPSA) is 41.1 Å². The van der Waals surface area contributed by atoms with E-state index < -0.39 is 11.7 Å². The lowest BCUT2D eigenvalue weighted by Crippen LogP contribution is -2.22.